The number of hydrogen-bond donors (Lipinski definition) is 0. The molecular formula is C12H20O2. The van der Waals surface area contributed by atoms with E-state index in [0.29, 0.717) is 5.92 Å². The van der Waals surface area contributed by atoms with Crippen LogP contribution in [0.3, 0.4) is 0 Å². The number of hydrogen-bond acceptors (Lipinski definition) is 2. The van der Waals surface area contributed by atoms with Crippen molar-refractivity contribution in [3.8, 4) is 0 Å². The van der Waals surface area contributed by atoms with Gasteiger partial charge in [-0.1, -0.05) is 38.0 Å². The molecule has 0 aliphatic rings. The van der Waals surface area contributed by atoms with Crippen LogP contribution in [0, 0.1) is 5.92 Å². The summed E-state index contributed by atoms with van der Waals surface area (Å²) < 4.78 is 4.49. The summed E-state index contributed by atoms with van der Waals surface area (Å²) in [5.41, 5.74) is 1.11. The van der Waals surface area contributed by atoms with Crippen LogP contribution in [0.1, 0.15) is 33.6 Å². The lowest BCUT2D eigenvalue weighted by molar-refractivity contribution is -0.134. The molecule has 0 heterocycles. The highest BCUT2D eigenvalue weighted by atomic mass is 16.5. The summed E-state index contributed by atoms with van der Waals surface area (Å²) in [6, 6.07) is 0. The molecule has 0 aliphatic carbocycles. The van der Waals surface area contributed by atoms with Gasteiger partial charge in [-0.15, -0.1) is 0 Å². The average molecular weight is 196 g/mol. The number of rotatable bonds is 5. The second kappa shape index (κ2) is 7.36. The normalized spacial score (nSPS) is 14.4. The first-order valence-electron chi connectivity index (χ1n) is 5.03. The molecule has 1 atom stereocenters. The minimum absolute atomic E-state index is 0.304. The van der Waals surface area contributed by atoms with Crippen LogP contribution in [0.25, 0.3) is 0 Å². The van der Waals surface area contributed by atoms with Gasteiger partial charge < -0.3 is 4.74 Å². The maximum atomic E-state index is 10.8. The molecule has 14 heavy (non-hydrogen) atoms. The molecule has 0 saturated heterocycles. The Hall–Kier alpha value is -1.05. The predicted molar refractivity (Wildman–Crippen MR) is 59.0 cm³/mol. The molecule has 0 spiro atoms. The molecule has 0 saturated carbocycles. The number of esters is 1. The second-order valence-electron chi connectivity index (χ2n) is 3.55. The van der Waals surface area contributed by atoms with Gasteiger partial charge in [0.15, 0.2) is 0 Å². The van der Waals surface area contributed by atoms with E-state index in [1.165, 1.54) is 19.6 Å². The zero-order valence-corrected chi connectivity index (χ0v) is 9.54. The maximum Gasteiger partial charge on any atom is 0.330 e. The fraction of sp³-hybridized carbons (Fsp3) is 0.583. The Labute approximate surface area is 86.6 Å². The molecule has 80 valence electrons. The van der Waals surface area contributed by atoms with Gasteiger partial charge >= 0.3 is 5.97 Å². The first-order valence-corrected chi connectivity index (χ1v) is 5.03. The van der Waals surface area contributed by atoms with E-state index in [0.717, 1.165) is 12.0 Å². The fourth-order valence-electron chi connectivity index (χ4n) is 0.889. The molecule has 0 aromatic heterocycles. The molecule has 0 fully saturated rings. The van der Waals surface area contributed by atoms with Crippen LogP contribution < -0.4 is 0 Å². The van der Waals surface area contributed by atoms with Gasteiger partial charge in [-0.05, 0) is 19.3 Å². The molecule has 1 unspecified atom stereocenters. The third-order valence-electron chi connectivity index (χ3n) is 2.22. The topological polar surface area (TPSA) is 26.3 Å². The highest BCUT2D eigenvalue weighted by Crippen LogP contribution is 2.09. The number of ether oxygens (including phenoxy) is 1. The quantitative estimate of drug-likeness (QED) is 0.383. The summed E-state index contributed by atoms with van der Waals surface area (Å²) in [7, 11) is 1.38. The van der Waals surface area contributed by atoms with Gasteiger partial charge in [0.25, 0.3) is 0 Å². The Kier molecular flexibility index (Phi) is 6.81. The molecule has 2 heteroatoms. The summed E-state index contributed by atoms with van der Waals surface area (Å²) in [5, 5.41) is 0. The molecule has 0 aromatic carbocycles. The van der Waals surface area contributed by atoms with Gasteiger partial charge in [-0.2, -0.15) is 0 Å². The van der Waals surface area contributed by atoms with Gasteiger partial charge in [0.1, 0.15) is 0 Å². The number of carbonyl (C=O) groups excluding carboxylic acids is 1. The average Bonchev–Trinajstić information content (AvgIpc) is 2.22. The fourth-order valence-corrected chi connectivity index (χ4v) is 0.889. The maximum absolute atomic E-state index is 10.8. The third-order valence-corrected chi connectivity index (χ3v) is 2.22. The monoisotopic (exact) mass is 196 g/mol. The van der Waals surface area contributed by atoms with Crippen molar-refractivity contribution in [2.24, 2.45) is 5.92 Å². The minimum Gasteiger partial charge on any atom is -0.466 e. The van der Waals surface area contributed by atoms with Crippen LogP contribution in [0.4, 0.5) is 0 Å². The van der Waals surface area contributed by atoms with Gasteiger partial charge in [-0.25, -0.2) is 4.79 Å². The standard InChI is InChI=1S/C12H20O2/c1-5-10(2)6-7-11(3)8-9-12(13)14-4/h7-10H,5-6H2,1-4H3. The van der Waals surface area contributed by atoms with Crippen LogP contribution in [0.5, 0.6) is 0 Å². The summed E-state index contributed by atoms with van der Waals surface area (Å²) in [4.78, 5) is 10.8. The van der Waals surface area contributed by atoms with E-state index in [9.17, 15) is 4.79 Å². The first kappa shape index (κ1) is 12.9. The Morgan fingerprint density at radius 2 is 2.07 bits per heavy atom. The number of methoxy groups -OCH3 is 1. The molecular weight excluding hydrogens is 176 g/mol. The van der Waals surface area contributed by atoms with E-state index in [1.807, 2.05) is 6.92 Å². The second-order valence-corrected chi connectivity index (χ2v) is 3.55. The zero-order valence-electron chi connectivity index (χ0n) is 9.54. The van der Waals surface area contributed by atoms with Crippen molar-refractivity contribution >= 4 is 5.97 Å². The lowest BCUT2D eigenvalue weighted by atomic mass is 10.0. The first-order chi connectivity index (χ1) is 6.60. The smallest absolute Gasteiger partial charge is 0.330 e. The molecule has 0 aliphatic heterocycles. The van der Waals surface area contributed by atoms with Gasteiger partial charge in [0, 0.05) is 6.08 Å². The molecule has 0 bridgehead atoms. The summed E-state index contributed by atoms with van der Waals surface area (Å²) in [5.74, 6) is 0.401. The van der Waals surface area contributed by atoms with E-state index in [1.54, 1.807) is 6.08 Å². The van der Waals surface area contributed by atoms with Crippen molar-refractivity contribution in [1.82, 2.24) is 0 Å². The Balaban J connectivity index is 4.00. The van der Waals surface area contributed by atoms with Crippen LogP contribution in [-0.2, 0) is 9.53 Å². The van der Waals surface area contributed by atoms with Crippen molar-refractivity contribution < 1.29 is 9.53 Å². The molecule has 0 rings (SSSR count). The Morgan fingerprint density at radius 1 is 1.43 bits per heavy atom. The summed E-state index contributed by atoms with van der Waals surface area (Å²) >= 11 is 0. The van der Waals surface area contributed by atoms with Gasteiger partial charge in [0.2, 0.25) is 0 Å². The highest BCUT2D eigenvalue weighted by molar-refractivity contribution is 5.82. The van der Waals surface area contributed by atoms with Gasteiger partial charge in [-0.3, -0.25) is 0 Å². The van der Waals surface area contributed by atoms with Gasteiger partial charge in [0.05, 0.1) is 7.11 Å². The lowest BCUT2D eigenvalue weighted by Crippen LogP contribution is -1.93. The SMILES string of the molecule is CCC(C)CC=C(C)C=CC(=O)OC. The van der Waals surface area contributed by atoms with Crippen molar-refractivity contribution in [3.05, 3.63) is 23.8 Å². The van der Waals surface area contributed by atoms with Crippen LogP contribution in [0.15, 0.2) is 23.8 Å². The minimum atomic E-state index is -0.304. The van der Waals surface area contributed by atoms with Crippen molar-refractivity contribution in [2.75, 3.05) is 7.11 Å². The van der Waals surface area contributed by atoms with Crippen molar-refractivity contribution in [1.29, 1.82) is 0 Å². The zero-order chi connectivity index (χ0) is 11.0. The molecule has 0 radical (unpaired) electrons. The van der Waals surface area contributed by atoms with E-state index < -0.39 is 0 Å². The van der Waals surface area contributed by atoms with Crippen LogP contribution in [0.2, 0.25) is 0 Å². The van der Waals surface area contributed by atoms with Crippen molar-refractivity contribution in [3.63, 3.8) is 0 Å². The molecule has 0 N–H and O–H groups in total. The van der Waals surface area contributed by atoms with E-state index >= 15 is 0 Å². The lowest BCUT2D eigenvalue weighted by Gasteiger charge is -2.03. The number of allylic oxidation sites excluding steroid dienone is 3. The van der Waals surface area contributed by atoms with Crippen LogP contribution >= 0.6 is 0 Å². The van der Waals surface area contributed by atoms with Crippen LogP contribution in [-0.4, -0.2) is 13.1 Å². The van der Waals surface area contributed by atoms with E-state index in [-0.39, 0.29) is 5.97 Å². The summed E-state index contributed by atoms with van der Waals surface area (Å²) in [6.45, 7) is 6.38. The number of carbonyl (C=O) groups is 1. The van der Waals surface area contributed by atoms with E-state index in [4.69, 9.17) is 0 Å². The van der Waals surface area contributed by atoms with E-state index in [2.05, 4.69) is 24.7 Å². The Morgan fingerprint density at radius 3 is 2.57 bits per heavy atom. The highest BCUT2D eigenvalue weighted by Gasteiger charge is 1.95. The Bertz CT molecular complexity index is 226. The molecule has 0 amide bonds. The largest absolute Gasteiger partial charge is 0.466 e. The summed E-state index contributed by atoms with van der Waals surface area (Å²) in [6.07, 6.45) is 7.63. The van der Waals surface area contributed by atoms with Crippen molar-refractivity contribution in [2.45, 2.75) is 33.6 Å². The molecule has 2 nitrogen and oxygen atoms in total. The predicted octanol–water partition coefficient (Wildman–Crippen LogP) is 3.10. The molecule has 0 aromatic rings. The third kappa shape index (κ3) is 6.46.